The van der Waals surface area contributed by atoms with E-state index in [1.54, 1.807) is 0 Å². The van der Waals surface area contributed by atoms with Gasteiger partial charge in [-0.05, 0) is 0 Å². The minimum absolute atomic E-state index is 0.0530. The third-order valence-corrected chi connectivity index (χ3v) is 1.83. The van der Waals surface area contributed by atoms with E-state index in [9.17, 15) is 4.79 Å². The van der Waals surface area contributed by atoms with Crippen molar-refractivity contribution in [1.29, 1.82) is 0 Å². The van der Waals surface area contributed by atoms with E-state index in [2.05, 4.69) is 0 Å². The Bertz CT molecular complexity index is 111. The molecule has 0 atom stereocenters. The van der Waals surface area contributed by atoms with Crippen molar-refractivity contribution >= 4 is 36.4 Å². The van der Waals surface area contributed by atoms with Crippen LogP contribution in [0.25, 0.3) is 0 Å². The van der Waals surface area contributed by atoms with Crippen LogP contribution in [0.2, 0.25) is 0 Å². The predicted octanol–water partition coefficient (Wildman–Crippen LogP) is 1.49. The van der Waals surface area contributed by atoms with Gasteiger partial charge in [0.05, 0.1) is 35.5 Å². The Kier molecular flexibility index (Phi) is 8.93. The highest BCUT2D eigenvalue weighted by atomic mass is 127. The second-order valence-corrected chi connectivity index (χ2v) is 3.08. The van der Waals surface area contributed by atoms with Crippen LogP contribution in [0, 0.1) is 0 Å². The molecule has 0 amide bonds. The minimum atomic E-state index is -0.839. The maximum absolute atomic E-state index is 9.97. The molecule has 0 fully saturated rings. The maximum atomic E-state index is 9.97. The smallest absolute Gasteiger partial charge is 0.305 e. The van der Waals surface area contributed by atoms with Crippen molar-refractivity contribution in [2.75, 3.05) is 19.8 Å². The average Bonchev–Trinajstić information content (AvgIpc) is 1.96. The van der Waals surface area contributed by atoms with E-state index in [1.165, 1.54) is 9.21 Å². The molecule has 0 aliphatic carbocycles. The van der Waals surface area contributed by atoms with Gasteiger partial charge in [0.25, 0.3) is 0 Å². The highest BCUT2D eigenvalue weighted by Gasteiger charge is 1.95. The first-order valence-electron chi connectivity index (χ1n) is 2.97. The van der Waals surface area contributed by atoms with Crippen molar-refractivity contribution in [1.82, 2.24) is 0 Å². The molecular weight excluding hydrogens is 283 g/mol. The first-order valence-corrected chi connectivity index (χ1v) is 6.25. The summed E-state index contributed by atoms with van der Waals surface area (Å²) in [5.74, 6) is -0.839. The summed E-state index contributed by atoms with van der Waals surface area (Å²) in [7, 11) is 1.24. The molecule has 0 unspecified atom stereocenters. The van der Waals surface area contributed by atoms with E-state index in [-0.39, 0.29) is 13.0 Å². The summed E-state index contributed by atoms with van der Waals surface area (Å²) in [4.78, 5) is 9.97. The number of aliphatic carboxylic acids is 1. The van der Waals surface area contributed by atoms with E-state index >= 15 is 0 Å². The molecule has 0 aromatic carbocycles. The number of rotatable bonds is 7. The molecule has 0 spiro atoms. The monoisotopic (exact) mass is 292 g/mol. The molecule has 1 N–H and O–H groups in total. The first kappa shape index (κ1) is 11.5. The molecule has 11 heavy (non-hydrogen) atoms. The van der Waals surface area contributed by atoms with Gasteiger partial charge in [-0.2, -0.15) is 0 Å². The summed E-state index contributed by atoms with van der Waals surface area (Å²) in [5, 5.41) is 8.20. The molecule has 0 radical (unpaired) electrons. The second-order valence-electron chi connectivity index (χ2n) is 1.64. The van der Waals surface area contributed by atoms with Crippen LogP contribution in [0.1, 0.15) is 6.42 Å². The van der Waals surface area contributed by atoms with Crippen molar-refractivity contribution < 1.29 is 18.8 Å². The fraction of sp³-hybridized carbons (Fsp3) is 0.800. The number of carboxylic acid groups (broad SMARTS) is 1. The molecule has 0 saturated carbocycles. The van der Waals surface area contributed by atoms with Crippen LogP contribution in [0.5, 0.6) is 0 Å². The van der Waals surface area contributed by atoms with E-state index in [1.807, 2.05) is 21.2 Å². The number of ether oxygens (including phenoxy) is 1. The number of hydrogen-bond donors (Lipinski definition) is 1. The molecule has 0 aromatic rings. The summed E-state index contributed by atoms with van der Waals surface area (Å²) < 4.78 is 9.80. The van der Waals surface area contributed by atoms with Crippen molar-refractivity contribution in [3.63, 3.8) is 0 Å². The summed E-state index contributed by atoms with van der Waals surface area (Å²) in [5.41, 5.74) is 0. The van der Waals surface area contributed by atoms with Gasteiger partial charge in [-0.1, -0.05) is 0 Å². The largest absolute Gasteiger partial charge is 0.481 e. The highest BCUT2D eigenvalue weighted by Crippen LogP contribution is 2.10. The number of halogens is 1. The minimum Gasteiger partial charge on any atom is -0.481 e. The molecule has 0 aromatic heterocycles. The highest BCUT2D eigenvalue weighted by molar-refractivity contribution is 14.2. The quantitative estimate of drug-likeness (QED) is 0.438. The van der Waals surface area contributed by atoms with Crippen molar-refractivity contribution in [3.8, 4) is 0 Å². The molecule has 0 aliphatic rings. The molecule has 0 rings (SSSR count). The van der Waals surface area contributed by atoms with Gasteiger partial charge in [-0.25, -0.2) is 0 Å². The molecule has 6 heteroatoms. The fourth-order valence-corrected chi connectivity index (χ4v) is 1.06. The predicted molar refractivity (Wildman–Crippen MR) is 50.6 cm³/mol. The zero-order valence-corrected chi connectivity index (χ0v) is 8.76. The molecule has 0 heterocycles. The summed E-state index contributed by atoms with van der Waals surface area (Å²) >= 11 is 2.00. The van der Waals surface area contributed by atoms with Crippen LogP contribution < -0.4 is 0 Å². The van der Waals surface area contributed by atoms with Gasteiger partial charge < -0.3 is 14.0 Å². The van der Waals surface area contributed by atoms with Crippen LogP contribution in [-0.2, 0) is 13.7 Å². The van der Waals surface area contributed by atoms with Crippen LogP contribution in [0.3, 0.4) is 0 Å². The van der Waals surface area contributed by atoms with Gasteiger partial charge in [-0.15, -0.1) is 0 Å². The van der Waals surface area contributed by atoms with Crippen molar-refractivity contribution in [2.45, 2.75) is 6.42 Å². The molecule has 4 nitrogen and oxygen atoms in total. The Balaban J connectivity index is 2.85. The Morgan fingerprint density at radius 1 is 1.45 bits per heavy atom. The lowest BCUT2D eigenvalue weighted by Gasteiger charge is -1.99. The molecule has 0 saturated heterocycles. The summed E-state index contributed by atoms with van der Waals surface area (Å²) in [6.07, 6.45) is 0.0530. The zero-order chi connectivity index (χ0) is 8.53. The fourth-order valence-electron chi connectivity index (χ4n) is 0.386. The normalized spacial score (nSPS) is 9.91. The van der Waals surface area contributed by atoms with Gasteiger partial charge in [0.15, 0.2) is 0 Å². The average molecular weight is 292 g/mol. The first-order chi connectivity index (χ1) is 5.27. The third-order valence-electron chi connectivity index (χ3n) is 0.816. The van der Waals surface area contributed by atoms with Crippen LogP contribution in [0.4, 0.5) is 0 Å². The number of hydrogen-bond acceptors (Lipinski definition) is 4. The topological polar surface area (TPSA) is 55.8 Å². The van der Waals surface area contributed by atoms with Crippen LogP contribution >= 0.6 is 30.4 Å². The maximum Gasteiger partial charge on any atom is 0.305 e. The lowest BCUT2D eigenvalue weighted by Crippen LogP contribution is -2.06. The Morgan fingerprint density at radius 2 is 2.18 bits per heavy atom. The summed E-state index contributed by atoms with van der Waals surface area (Å²) in [6, 6.07) is 0. The van der Waals surface area contributed by atoms with E-state index < -0.39 is 5.97 Å². The van der Waals surface area contributed by atoms with Crippen molar-refractivity contribution in [3.05, 3.63) is 0 Å². The number of carbonyl (C=O) groups is 1. The van der Waals surface area contributed by atoms with Crippen LogP contribution in [-0.4, -0.2) is 30.9 Å². The van der Waals surface area contributed by atoms with Gasteiger partial charge in [0, 0.05) is 21.2 Å². The zero-order valence-electron chi connectivity index (χ0n) is 5.79. The van der Waals surface area contributed by atoms with Crippen molar-refractivity contribution in [2.24, 2.45) is 0 Å². The van der Waals surface area contributed by atoms with E-state index in [0.29, 0.717) is 13.2 Å². The van der Waals surface area contributed by atoms with Gasteiger partial charge in [0.2, 0.25) is 0 Å². The lowest BCUT2D eigenvalue weighted by molar-refractivity contribution is -0.138. The molecular formula is C5H9IO4S. The van der Waals surface area contributed by atoms with Gasteiger partial charge in [0.1, 0.15) is 0 Å². The Morgan fingerprint density at radius 3 is 2.73 bits per heavy atom. The van der Waals surface area contributed by atoms with E-state index in [0.717, 1.165) is 0 Å². The second kappa shape index (κ2) is 8.57. The van der Waals surface area contributed by atoms with E-state index in [4.69, 9.17) is 14.0 Å². The molecule has 0 aliphatic heterocycles. The Labute approximate surface area is 81.4 Å². The van der Waals surface area contributed by atoms with Gasteiger partial charge in [-0.3, -0.25) is 4.79 Å². The standard InChI is InChI=1S/C5H9IO4S/c6-11-10-4-3-9-2-1-5(7)8/h1-4H2,(H,7,8). The number of carboxylic acids is 1. The van der Waals surface area contributed by atoms with Crippen LogP contribution in [0.15, 0.2) is 0 Å². The molecule has 0 bridgehead atoms. The Hall–Kier alpha value is 0.470. The third kappa shape index (κ3) is 10.5. The SMILES string of the molecule is O=C(O)CCOCCOSI. The van der Waals surface area contributed by atoms with Gasteiger partial charge >= 0.3 is 5.97 Å². The molecule has 66 valence electrons. The summed E-state index contributed by atoms with van der Waals surface area (Å²) in [6.45, 7) is 1.20. The lowest BCUT2D eigenvalue weighted by atomic mass is 10.5.